The zero-order valence-electron chi connectivity index (χ0n) is 13.0. The van der Waals surface area contributed by atoms with Crippen LogP contribution in [0.4, 0.5) is 14.5 Å². The number of carbonyl (C=O) groups is 2. The van der Waals surface area contributed by atoms with Crippen LogP contribution >= 0.6 is 11.3 Å². The Balaban J connectivity index is 1.66. The lowest BCUT2D eigenvalue weighted by molar-refractivity contribution is -0.123. The van der Waals surface area contributed by atoms with Crippen LogP contribution in [0, 0.1) is 11.6 Å². The van der Waals surface area contributed by atoms with Crippen molar-refractivity contribution in [1.29, 1.82) is 0 Å². The van der Waals surface area contributed by atoms with Gasteiger partial charge in [0.25, 0.3) is 5.91 Å². The molecule has 0 radical (unpaired) electrons. The summed E-state index contributed by atoms with van der Waals surface area (Å²) >= 11 is 1.38. The molecule has 25 heavy (non-hydrogen) atoms. The molecule has 0 aliphatic heterocycles. The maximum atomic E-state index is 13.6. The smallest absolute Gasteiger partial charge is 0.338 e. The Morgan fingerprint density at radius 1 is 1.20 bits per heavy atom. The van der Waals surface area contributed by atoms with Crippen LogP contribution in [0.15, 0.2) is 41.9 Å². The van der Waals surface area contributed by atoms with E-state index in [-0.39, 0.29) is 11.3 Å². The van der Waals surface area contributed by atoms with Gasteiger partial charge in [-0.1, -0.05) is 0 Å². The van der Waals surface area contributed by atoms with E-state index in [4.69, 9.17) is 4.74 Å². The molecule has 0 bridgehead atoms. The minimum Gasteiger partial charge on any atom is -0.449 e. The summed E-state index contributed by atoms with van der Waals surface area (Å²) in [5, 5.41) is 2.25. The quantitative estimate of drug-likeness (QED) is 0.718. The fraction of sp³-hybridized carbons (Fsp3) is 0.118. The number of hydrogen-bond acceptors (Lipinski definition) is 5. The van der Waals surface area contributed by atoms with Gasteiger partial charge in [-0.25, -0.2) is 18.6 Å². The number of rotatable bonds is 4. The molecule has 1 amide bonds. The first-order valence-electron chi connectivity index (χ1n) is 7.24. The Bertz CT molecular complexity index is 958. The molecule has 0 spiro atoms. The molecule has 8 heteroatoms. The van der Waals surface area contributed by atoms with E-state index in [2.05, 4.69) is 10.3 Å². The number of esters is 1. The number of ether oxygens (including phenoxy) is 1. The summed E-state index contributed by atoms with van der Waals surface area (Å²) in [7, 11) is 0. The molecule has 1 aromatic heterocycles. The number of aromatic nitrogens is 1. The first-order chi connectivity index (χ1) is 11.9. The highest BCUT2D eigenvalue weighted by molar-refractivity contribution is 7.16. The largest absolute Gasteiger partial charge is 0.449 e. The topological polar surface area (TPSA) is 68.3 Å². The number of hydrogen-bond donors (Lipinski definition) is 1. The highest BCUT2D eigenvalue weighted by atomic mass is 32.1. The van der Waals surface area contributed by atoms with Crippen LogP contribution < -0.4 is 5.32 Å². The Morgan fingerprint density at radius 3 is 2.76 bits per heavy atom. The molecular weight excluding hydrogens is 350 g/mol. The number of fused-ring (bicyclic) bond motifs is 1. The standard InChI is InChI=1S/C17H12F2N2O3S/c1-9(16(22)21-13-5-3-11(18)7-12(13)19)24-17(23)10-2-4-14-15(6-10)25-8-20-14/h2-9H,1H3,(H,21,22)/t9-/m0/s1. The number of anilines is 1. The number of thiazole rings is 1. The predicted molar refractivity (Wildman–Crippen MR) is 89.5 cm³/mol. The number of carbonyl (C=O) groups excluding carboxylic acids is 2. The summed E-state index contributed by atoms with van der Waals surface area (Å²) in [6.45, 7) is 1.36. The van der Waals surface area contributed by atoms with E-state index >= 15 is 0 Å². The van der Waals surface area contributed by atoms with Crippen molar-refractivity contribution >= 4 is 39.1 Å². The lowest BCUT2D eigenvalue weighted by atomic mass is 10.2. The third-order valence-electron chi connectivity index (χ3n) is 3.41. The predicted octanol–water partition coefficient (Wildman–Crippen LogP) is 3.76. The summed E-state index contributed by atoms with van der Waals surface area (Å²) in [5.41, 5.74) is 2.51. The van der Waals surface area contributed by atoms with Gasteiger partial charge in [-0.3, -0.25) is 4.79 Å². The van der Waals surface area contributed by atoms with Crippen molar-refractivity contribution in [3.8, 4) is 0 Å². The van der Waals surface area contributed by atoms with Crippen LogP contribution in [0.2, 0.25) is 0 Å². The zero-order valence-corrected chi connectivity index (χ0v) is 13.8. The van der Waals surface area contributed by atoms with Crippen LogP contribution in [0.3, 0.4) is 0 Å². The Kier molecular flexibility index (Phi) is 4.71. The van der Waals surface area contributed by atoms with E-state index in [1.54, 1.807) is 23.7 Å². The van der Waals surface area contributed by atoms with Crippen molar-refractivity contribution in [2.24, 2.45) is 0 Å². The van der Waals surface area contributed by atoms with Gasteiger partial charge in [-0.2, -0.15) is 0 Å². The molecule has 3 aromatic rings. The summed E-state index contributed by atoms with van der Waals surface area (Å²) < 4.78 is 32.3. The summed E-state index contributed by atoms with van der Waals surface area (Å²) in [6, 6.07) is 7.61. The van der Waals surface area contributed by atoms with Crippen molar-refractivity contribution in [3.05, 3.63) is 59.1 Å². The normalized spacial score (nSPS) is 12.0. The monoisotopic (exact) mass is 362 g/mol. The van der Waals surface area contributed by atoms with Crippen LogP contribution in [-0.2, 0) is 9.53 Å². The maximum Gasteiger partial charge on any atom is 0.338 e. The summed E-state index contributed by atoms with van der Waals surface area (Å²) in [6.07, 6.45) is -1.16. The van der Waals surface area contributed by atoms with Crippen LogP contribution in [0.25, 0.3) is 10.2 Å². The van der Waals surface area contributed by atoms with E-state index in [1.807, 2.05) is 0 Å². The molecule has 0 saturated heterocycles. The molecule has 128 valence electrons. The van der Waals surface area contributed by atoms with Crippen molar-refractivity contribution in [1.82, 2.24) is 4.98 Å². The molecule has 5 nitrogen and oxygen atoms in total. The van der Waals surface area contributed by atoms with Crippen LogP contribution in [0.5, 0.6) is 0 Å². The Labute approximate surface area is 145 Å². The maximum absolute atomic E-state index is 13.6. The minimum atomic E-state index is -1.16. The van der Waals surface area contributed by atoms with E-state index in [9.17, 15) is 18.4 Å². The number of benzene rings is 2. The molecule has 1 atom stereocenters. The van der Waals surface area contributed by atoms with Gasteiger partial charge in [0.05, 0.1) is 27.0 Å². The first-order valence-corrected chi connectivity index (χ1v) is 8.12. The third-order valence-corrected chi connectivity index (χ3v) is 4.20. The average Bonchev–Trinajstić information content (AvgIpc) is 3.04. The molecular formula is C17H12F2N2O3S. The van der Waals surface area contributed by atoms with E-state index in [1.165, 1.54) is 18.3 Å². The summed E-state index contributed by atoms with van der Waals surface area (Å²) in [5.74, 6) is -3.08. The molecule has 0 fully saturated rings. The van der Waals surface area contributed by atoms with Crippen LogP contribution in [-0.4, -0.2) is 23.0 Å². The first kappa shape index (κ1) is 17.0. The average molecular weight is 362 g/mol. The van der Waals surface area contributed by atoms with Gasteiger partial charge in [0.2, 0.25) is 0 Å². The van der Waals surface area contributed by atoms with Gasteiger partial charge in [-0.05, 0) is 37.3 Å². The third kappa shape index (κ3) is 3.80. The number of amides is 1. The molecule has 0 unspecified atom stereocenters. The second kappa shape index (κ2) is 6.94. The highest BCUT2D eigenvalue weighted by Crippen LogP contribution is 2.20. The second-order valence-corrected chi connectivity index (χ2v) is 6.08. The molecule has 2 aromatic carbocycles. The highest BCUT2D eigenvalue weighted by Gasteiger charge is 2.20. The van der Waals surface area contributed by atoms with Gasteiger partial charge < -0.3 is 10.1 Å². The fourth-order valence-corrected chi connectivity index (χ4v) is 2.81. The van der Waals surface area contributed by atoms with Crippen molar-refractivity contribution in [3.63, 3.8) is 0 Å². The van der Waals surface area contributed by atoms with Gasteiger partial charge in [0.1, 0.15) is 11.6 Å². The lowest BCUT2D eigenvalue weighted by Crippen LogP contribution is -2.30. The summed E-state index contributed by atoms with van der Waals surface area (Å²) in [4.78, 5) is 28.3. The van der Waals surface area contributed by atoms with Crippen molar-refractivity contribution < 1.29 is 23.1 Å². The molecule has 1 N–H and O–H groups in total. The lowest BCUT2D eigenvalue weighted by Gasteiger charge is -2.14. The molecule has 3 rings (SSSR count). The Hall–Kier alpha value is -2.87. The van der Waals surface area contributed by atoms with Crippen molar-refractivity contribution in [2.45, 2.75) is 13.0 Å². The molecule has 1 heterocycles. The Morgan fingerprint density at radius 2 is 2.00 bits per heavy atom. The molecule has 0 aliphatic rings. The zero-order chi connectivity index (χ0) is 18.0. The van der Waals surface area contributed by atoms with Gasteiger partial charge in [-0.15, -0.1) is 11.3 Å². The van der Waals surface area contributed by atoms with Gasteiger partial charge >= 0.3 is 5.97 Å². The van der Waals surface area contributed by atoms with Gasteiger partial charge in [0, 0.05) is 6.07 Å². The minimum absolute atomic E-state index is 0.194. The molecule has 0 aliphatic carbocycles. The van der Waals surface area contributed by atoms with E-state index < -0.39 is 29.6 Å². The van der Waals surface area contributed by atoms with Crippen molar-refractivity contribution in [2.75, 3.05) is 5.32 Å². The molecule has 0 saturated carbocycles. The number of nitrogens with one attached hydrogen (secondary N) is 1. The number of halogens is 2. The second-order valence-electron chi connectivity index (χ2n) is 5.20. The van der Waals surface area contributed by atoms with Gasteiger partial charge in [0.15, 0.2) is 6.10 Å². The van der Waals surface area contributed by atoms with E-state index in [0.29, 0.717) is 6.07 Å². The van der Waals surface area contributed by atoms with E-state index in [0.717, 1.165) is 22.3 Å². The number of nitrogens with zero attached hydrogens (tertiary/aromatic N) is 1. The SMILES string of the molecule is C[C@H](OC(=O)c1ccc2ncsc2c1)C(=O)Nc1ccc(F)cc1F. The fourth-order valence-electron chi connectivity index (χ4n) is 2.09. The van der Waals surface area contributed by atoms with Crippen LogP contribution in [0.1, 0.15) is 17.3 Å².